The normalized spacial score (nSPS) is 18.6. The summed E-state index contributed by atoms with van der Waals surface area (Å²) in [6.07, 6.45) is 0.951. The first kappa shape index (κ1) is 16.3. The number of carbonyl (C=O) groups is 1. The molecule has 2 heterocycles. The largest absolute Gasteiger partial charge is 0.454 e. The molecule has 1 saturated heterocycles. The van der Waals surface area contributed by atoms with Crippen molar-refractivity contribution in [2.24, 2.45) is 0 Å². The molecule has 0 radical (unpaired) electrons. The monoisotopic (exact) mass is 359 g/mol. The predicted octanol–water partition coefficient (Wildman–Crippen LogP) is 3.66. The minimum atomic E-state index is -0.262. The van der Waals surface area contributed by atoms with Gasteiger partial charge in [-0.25, -0.2) is 4.39 Å². The fraction of sp³-hybridized carbons (Fsp3) is 0.316. The number of thioether (sulfide) groups is 1. The third-order valence-corrected chi connectivity index (χ3v) is 5.58. The summed E-state index contributed by atoms with van der Waals surface area (Å²) < 4.78 is 23.7. The summed E-state index contributed by atoms with van der Waals surface area (Å²) in [5.74, 6) is 2.13. The molecule has 1 fully saturated rings. The van der Waals surface area contributed by atoms with Crippen LogP contribution in [0.25, 0.3) is 0 Å². The molecule has 1 amide bonds. The summed E-state index contributed by atoms with van der Waals surface area (Å²) in [6.45, 7) is 1.76. The predicted molar refractivity (Wildman–Crippen MR) is 93.6 cm³/mol. The van der Waals surface area contributed by atoms with Crippen molar-refractivity contribution in [1.29, 1.82) is 0 Å². The van der Waals surface area contributed by atoms with E-state index in [0.717, 1.165) is 35.9 Å². The van der Waals surface area contributed by atoms with Gasteiger partial charge in [-0.1, -0.05) is 6.07 Å². The number of nitrogens with zero attached hydrogens (tertiary/aromatic N) is 1. The standard InChI is InChI=1S/C19H18FNO3S/c20-15-2-4-16(5-3-15)25-11-19(22)21-8-7-14(10-21)13-1-6-17-18(9-13)24-12-23-17/h1-6,9,14H,7-8,10-12H2. The zero-order valence-corrected chi connectivity index (χ0v) is 14.4. The zero-order chi connectivity index (χ0) is 17.2. The van der Waals surface area contributed by atoms with Crippen molar-refractivity contribution >= 4 is 17.7 Å². The Hall–Kier alpha value is -2.21. The number of carbonyl (C=O) groups excluding carboxylic acids is 1. The van der Waals surface area contributed by atoms with Gasteiger partial charge in [0, 0.05) is 23.9 Å². The Labute approximate surface area is 149 Å². The van der Waals surface area contributed by atoms with E-state index in [2.05, 4.69) is 6.07 Å². The van der Waals surface area contributed by atoms with Crippen LogP contribution in [0.2, 0.25) is 0 Å². The lowest BCUT2D eigenvalue weighted by Gasteiger charge is -2.16. The van der Waals surface area contributed by atoms with Gasteiger partial charge in [-0.3, -0.25) is 4.79 Å². The fourth-order valence-corrected chi connectivity index (χ4v) is 3.99. The van der Waals surface area contributed by atoms with E-state index in [9.17, 15) is 9.18 Å². The number of likely N-dealkylation sites (tertiary alicyclic amines) is 1. The number of benzene rings is 2. The lowest BCUT2D eigenvalue weighted by molar-refractivity contribution is -0.127. The second-order valence-electron chi connectivity index (χ2n) is 6.18. The maximum Gasteiger partial charge on any atom is 0.232 e. The van der Waals surface area contributed by atoms with Crippen LogP contribution in [-0.4, -0.2) is 36.4 Å². The molecular weight excluding hydrogens is 341 g/mol. The van der Waals surface area contributed by atoms with Gasteiger partial charge in [0.05, 0.1) is 5.75 Å². The molecule has 25 heavy (non-hydrogen) atoms. The first-order valence-electron chi connectivity index (χ1n) is 8.25. The summed E-state index contributed by atoms with van der Waals surface area (Å²) in [5, 5.41) is 0. The fourth-order valence-electron chi connectivity index (χ4n) is 3.19. The second-order valence-corrected chi connectivity index (χ2v) is 7.23. The topological polar surface area (TPSA) is 38.8 Å². The Bertz CT molecular complexity index is 781. The van der Waals surface area contributed by atoms with Gasteiger partial charge in [-0.15, -0.1) is 11.8 Å². The van der Waals surface area contributed by atoms with Gasteiger partial charge >= 0.3 is 0 Å². The van der Waals surface area contributed by atoms with Crippen LogP contribution < -0.4 is 9.47 Å². The first-order chi connectivity index (χ1) is 12.2. The molecular formula is C19H18FNO3S. The van der Waals surface area contributed by atoms with Crippen LogP contribution in [0.4, 0.5) is 4.39 Å². The zero-order valence-electron chi connectivity index (χ0n) is 13.6. The molecule has 0 bridgehead atoms. The highest BCUT2D eigenvalue weighted by Crippen LogP contribution is 2.37. The lowest BCUT2D eigenvalue weighted by atomic mass is 9.98. The average molecular weight is 359 g/mol. The highest BCUT2D eigenvalue weighted by molar-refractivity contribution is 8.00. The van der Waals surface area contributed by atoms with Crippen molar-refractivity contribution in [2.45, 2.75) is 17.2 Å². The number of fused-ring (bicyclic) bond motifs is 1. The molecule has 1 unspecified atom stereocenters. The van der Waals surface area contributed by atoms with Gasteiger partial charge in [0.2, 0.25) is 12.7 Å². The highest BCUT2D eigenvalue weighted by Gasteiger charge is 2.28. The number of hydrogen-bond donors (Lipinski definition) is 0. The highest BCUT2D eigenvalue weighted by atomic mass is 32.2. The summed E-state index contributed by atoms with van der Waals surface area (Å²) in [7, 11) is 0. The molecule has 0 N–H and O–H groups in total. The van der Waals surface area contributed by atoms with Crippen molar-refractivity contribution in [3.63, 3.8) is 0 Å². The van der Waals surface area contributed by atoms with Crippen LogP contribution in [0.15, 0.2) is 47.4 Å². The van der Waals surface area contributed by atoms with Gasteiger partial charge in [0.25, 0.3) is 0 Å². The van der Waals surface area contributed by atoms with E-state index >= 15 is 0 Å². The number of rotatable bonds is 4. The smallest absolute Gasteiger partial charge is 0.232 e. The number of halogens is 1. The Morgan fingerprint density at radius 1 is 1.16 bits per heavy atom. The molecule has 0 aliphatic carbocycles. The van der Waals surface area contributed by atoms with Crippen molar-refractivity contribution in [1.82, 2.24) is 4.90 Å². The molecule has 2 aromatic carbocycles. The molecule has 0 saturated carbocycles. The van der Waals surface area contributed by atoms with Crippen LogP contribution in [0, 0.1) is 5.82 Å². The van der Waals surface area contributed by atoms with Gasteiger partial charge in [-0.2, -0.15) is 0 Å². The summed E-state index contributed by atoms with van der Waals surface area (Å²) in [5.41, 5.74) is 1.19. The molecule has 4 nitrogen and oxygen atoms in total. The van der Waals surface area contributed by atoms with Gasteiger partial charge in [-0.05, 0) is 48.4 Å². The van der Waals surface area contributed by atoms with E-state index in [1.165, 1.54) is 29.5 Å². The van der Waals surface area contributed by atoms with Crippen LogP contribution in [0.5, 0.6) is 11.5 Å². The van der Waals surface area contributed by atoms with E-state index in [4.69, 9.17) is 9.47 Å². The maximum atomic E-state index is 12.9. The van der Waals surface area contributed by atoms with Crippen molar-refractivity contribution in [3.8, 4) is 11.5 Å². The summed E-state index contributed by atoms with van der Waals surface area (Å²) >= 11 is 1.44. The molecule has 0 aromatic heterocycles. The van der Waals surface area contributed by atoms with E-state index in [-0.39, 0.29) is 18.5 Å². The Balaban J connectivity index is 1.34. The number of hydrogen-bond acceptors (Lipinski definition) is 4. The van der Waals surface area contributed by atoms with Crippen LogP contribution in [-0.2, 0) is 4.79 Å². The molecule has 0 spiro atoms. The van der Waals surface area contributed by atoms with Gasteiger partial charge < -0.3 is 14.4 Å². The van der Waals surface area contributed by atoms with Crippen molar-refractivity contribution in [3.05, 3.63) is 53.8 Å². The van der Waals surface area contributed by atoms with E-state index in [0.29, 0.717) is 11.7 Å². The van der Waals surface area contributed by atoms with Crippen LogP contribution in [0.1, 0.15) is 17.9 Å². The summed E-state index contributed by atoms with van der Waals surface area (Å²) in [6, 6.07) is 12.2. The van der Waals surface area contributed by atoms with E-state index in [1.54, 1.807) is 12.1 Å². The minimum Gasteiger partial charge on any atom is -0.454 e. The lowest BCUT2D eigenvalue weighted by Crippen LogP contribution is -2.29. The van der Waals surface area contributed by atoms with E-state index < -0.39 is 0 Å². The molecule has 2 aliphatic rings. The molecule has 4 rings (SSSR count). The number of amides is 1. The van der Waals surface area contributed by atoms with E-state index in [1.807, 2.05) is 17.0 Å². The van der Waals surface area contributed by atoms with Crippen molar-refractivity contribution in [2.75, 3.05) is 25.6 Å². The minimum absolute atomic E-state index is 0.123. The third kappa shape index (κ3) is 3.58. The molecule has 130 valence electrons. The summed E-state index contributed by atoms with van der Waals surface area (Å²) in [4.78, 5) is 15.2. The SMILES string of the molecule is O=C(CSc1ccc(F)cc1)N1CCC(c2ccc3c(c2)OCO3)C1. The first-order valence-corrected chi connectivity index (χ1v) is 9.23. The van der Waals surface area contributed by atoms with Crippen LogP contribution in [0.3, 0.4) is 0 Å². The third-order valence-electron chi connectivity index (χ3n) is 4.58. The maximum absolute atomic E-state index is 12.9. The second kappa shape index (κ2) is 6.96. The average Bonchev–Trinajstić information content (AvgIpc) is 3.29. The molecule has 1 atom stereocenters. The number of ether oxygens (including phenoxy) is 2. The molecule has 6 heteroatoms. The van der Waals surface area contributed by atoms with Gasteiger partial charge in [0.15, 0.2) is 11.5 Å². The quantitative estimate of drug-likeness (QED) is 0.781. The Morgan fingerprint density at radius 2 is 1.96 bits per heavy atom. The van der Waals surface area contributed by atoms with Gasteiger partial charge in [0.1, 0.15) is 5.82 Å². The Kier molecular flexibility index (Phi) is 4.53. The molecule has 2 aromatic rings. The molecule has 2 aliphatic heterocycles. The van der Waals surface area contributed by atoms with Crippen LogP contribution >= 0.6 is 11.8 Å². The van der Waals surface area contributed by atoms with Crippen molar-refractivity contribution < 1.29 is 18.7 Å². The Morgan fingerprint density at radius 3 is 2.80 bits per heavy atom.